The lowest BCUT2D eigenvalue weighted by atomic mass is 9.85. The van der Waals surface area contributed by atoms with E-state index in [1.54, 1.807) is 11.0 Å². The molecule has 2 aromatic carbocycles. The van der Waals surface area contributed by atoms with Crippen LogP contribution >= 0.6 is 0 Å². The highest BCUT2D eigenvalue weighted by molar-refractivity contribution is 6.03. The lowest BCUT2D eigenvalue weighted by molar-refractivity contribution is -0.122. The van der Waals surface area contributed by atoms with Crippen molar-refractivity contribution in [3.8, 4) is 0 Å². The van der Waals surface area contributed by atoms with Crippen LogP contribution in [0.3, 0.4) is 0 Å². The van der Waals surface area contributed by atoms with E-state index in [-0.39, 0.29) is 23.7 Å². The first-order chi connectivity index (χ1) is 12.3. The number of benzene rings is 2. The van der Waals surface area contributed by atoms with Gasteiger partial charge in [-0.05, 0) is 35.2 Å². The molecule has 1 atom stereocenters. The molecule has 3 rings (SSSR count). The van der Waals surface area contributed by atoms with Gasteiger partial charge in [-0.3, -0.25) is 9.59 Å². The van der Waals surface area contributed by atoms with Gasteiger partial charge in [0.1, 0.15) is 5.82 Å². The number of halogens is 1. The smallest absolute Gasteiger partial charge is 0.229 e. The standard InChI is InChI=1S/C21H23FN2O2/c1-21(2,3)17-9-4-5-10-18(17)24-13-14(11-19(24)25)20(26)23-16-8-6-7-15(22)12-16/h4-10,12,14H,11,13H2,1-3H3,(H,23,26). The molecule has 4 nitrogen and oxygen atoms in total. The molecule has 26 heavy (non-hydrogen) atoms. The van der Waals surface area contributed by atoms with Gasteiger partial charge in [-0.1, -0.05) is 45.0 Å². The Morgan fingerprint density at radius 3 is 2.58 bits per heavy atom. The van der Waals surface area contributed by atoms with Crippen molar-refractivity contribution in [1.29, 1.82) is 0 Å². The highest BCUT2D eigenvalue weighted by Crippen LogP contribution is 2.35. The summed E-state index contributed by atoms with van der Waals surface area (Å²) >= 11 is 0. The van der Waals surface area contributed by atoms with E-state index >= 15 is 0 Å². The fourth-order valence-corrected chi connectivity index (χ4v) is 3.27. The summed E-state index contributed by atoms with van der Waals surface area (Å²) in [5, 5.41) is 2.70. The highest BCUT2D eigenvalue weighted by Gasteiger charge is 2.37. The zero-order chi connectivity index (χ0) is 18.9. The predicted molar refractivity (Wildman–Crippen MR) is 101 cm³/mol. The van der Waals surface area contributed by atoms with E-state index in [4.69, 9.17) is 0 Å². The third-order valence-corrected chi connectivity index (χ3v) is 4.59. The Labute approximate surface area is 153 Å². The zero-order valence-corrected chi connectivity index (χ0v) is 15.3. The van der Waals surface area contributed by atoms with Crippen LogP contribution in [0.15, 0.2) is 48.5 Å². The molecular weight excluding hydrogens is 331 g/mol. The molecule has 1 saturated heterocycles. The molecule has 1 aliphatic rings. The number of hydrogen-bond donors (Lipinski definition) is 1. The van der Waals surface area contributed by atoms with Gasteiger partial charge in [-0.15, -0.1) is 0 Å². The maximum atomic E-state index is 13.3. The Morgan fingerprint density at radius 1 is 1.15 bits per heavy atom. The van der Waals surface area contributed by atoms with Crippen molar-refractivity contribution in [2.75, 3.05) is 16.8 Å². The molecule has 0 saturated carbocycles. The molecule has 1 fully saturated rings. The third-order valence-electron chi connectivity index (χ3n) is 4.59. The van der Waals surface area contributed by atoms with Crippen LogP contribution in [-0.4, -0.2) is 18.4 Å². The largest absolute Gasteiger partial charge is 0.326 e. The van der Waals surface area contributed by atoms with E-state index in [0.717, 1.165) is 11.3 Å². The van der Waals surface area contributed by atoms with Crippen LogP contribution in [0, 0.1) is 11.7 Å². The van der Waals surface area contributed by atoms with Crippen LogP contribution in [-0.2, 0) is 15.0 Å². The van der Waals surface area contributed by atoms with Gasteiger partial charge >= 0.3 is 0 Å². The van der Waals surface area contributed by atoms with Crippen molar-refractivity contribution in [3.63, 3.8) is 0 Å². The van der Waals surface area contributed by atoms with E-state index in [9.17, 15) is 14.0 Å². The van der Waals surface area contributed by atoms with E-state index in [1.165, 1.54) is 18.2 Å². The molecule has 0 radical (unpaired) electrons. The SMILES string of the molecule is CC(C)(C)c1ccccc1N1CC(C(=O)Nc2cccc(F)c2)CC1=O. The molecule has 136 valence electrons. The summed E-state index contributed by atoms with van der Waals surface area (Å²) in [5.41, 5.74) is 2.21. The monoisotopic (exact) mass is 354 g/mol. The molecule has 1 N–H and O–H groups in total. The van der Waals surface area contributed by atoms with Crippen LogP contribution in [0.25, 0.3) is 0 Å². The van der Waals surface area contributed by atoms with E-state index < -0.39 is 11.7 Å². The van der Waals surface area contributed by atoms with E-state index in [0.29, 0.717) is 12.2 Å². The van der Waals surface area contributed by atoms with Crippen molar-refractivity contribution in [3.05, 3.63) is 59.9 Å². The molecular formula is C21H23FN2O2. The quantitative estimate of drug-likeness (QED) is 0.902. The Morgan fingerprint density at radius 2 is 1.88 bits per heavy atom. The first kappa shape index (κ1) is 18.1. The summed E-state index contributed by atoms with van der Waals surface area (Å²) in [6.07, 6.45) is 0.152. The van der Waals surface area contributed by atoms with Crippen LogP contribution in [0.5, 0.6) is 0 Å². The Kier molecular flexibility index (Phi) is 4.81. The highest BCUT2D eigenvalue weighted by atomic mass is 19.1. The Bertz CT molecular complexity index is 842. The number of rotatable bonds is 3. The van der Waals surface area contributed by atoms with Crippen molar-refractivity contribution in [2.45, 2.75) is 32.6 Å². The maximum Gasteiger partial charge on any atom is 0.229 e. The Balaban J connectivity index is 1.78. The van der Waals surface area contributed by atoms with Gasteiger partial charge in [0.05, 0.1) is 5.92 Å². The fraction of sp³-hybridized carbons (Fsp3) is 0.333. The Hall–Kier alpha value is -2.69. The molecule has 0 aromatic heterocycles. The second-order valence-corrected chi connectivity index (χ2v) is 7.67. The molecule has 1 unspecified atom stereocenters. The van der Waals surface area contributed by atoms with Gasteiger partial charge in [0.15, 0.2) is 0 Å². The maximum absolute atomic E-state index is 13.3. The number of anilines is 2. The number of carbonyl (C=O) groups excluding carboxylic acids is 2. The summed E-state index contributed by atoms with van der Waals surface area (Å²) in [6, 6.07) is 13.5. The van der Waals surface area contributed by atoms with E-state index in [2.05, 4.69) is 26.1 Å². The second kappa shape index (κ2) is 6.90. The molecule has 1 aliphatic heterocycles. The summed E-state index contributed by atoms with van der Waals surface area (Å²) in [5.74, 6) is -1.20. The summed E-state index contributed by atoms with van der Waals surface area (Å²) in [7, 11) is 0. The van der Waals surface area contributed by atoms with Crippen LogP contribution in [0.2, 0.25) is 0 Å². The van der Waals surface area contributed by atoms with E-state index in [1.807, 2.05) is 24.3 Å². The van der Waals surface area contributed by atoms with Crippen LogP contribution in [0.4, 0.5) is 15.8 Å². The fourth-order valence-electron chi connectivity index (χ4n) is 3.27. The number of carbonyl (C=O) groups is 2. The minimum Gasteiger partial charge on any atom is -0.326 e. The molecule has 2 amide bonds. The van der Waals surface area contributed by atoms with Gasteiger partial charge in [0, 0.05) is 24.3 Å². The van der Waals surface area contributed by atoms with Crippen molar-refractivity contribution >= 4 is 23.2 Å². The number of hydrogen-bond acceptors (Lipinski definition) is 2. The number of amides is 2. The lowest BCUT2D eigenvalue weighted by Crippen LogP contribution is -2.30. The molecule has 2 aromatic rings. The topological polar surface area (TPSA) is 49.4 Å². The first-order valence-corrected chi connectivity index (χ1v) is 8.72. The number of nitrogens with one attached hydrogen (secondary N) is 1. The lowest BCUT2D eigenvalue weighted by Gasteiger charge is -2.27. The number of para-hydroxylation sites is 1. The summed E-state index contributed by atoms with van der Waals surface area (Å²) in [4.78, 5) is 26.8. The minimum absolute atomic E-state index is 0.0684. The van der Waals surface area contributed by atoms with Crippen molar-refractivity contribution in [2.24, 2.45) is 5.92 Å². The minimum atomic E-state index is -0.459. The average molecular weight is 354 g/mol. The average Bonchev–Trinajstić information content (AvgIpc) is 2.96. The summed E-state index contributed by atoms with van der Waals surface area (Å²) < 4.78 is 13.3. The van der Waals surface area contributed by atoms with Crippen molar-refractivity contribution in [1.82, 2.24) is 0 Å². The molecule has 1 heterocycles. The zero-order valence-electron chi connectivity index (χ0n) is 15.3. The summed E-state index contributed by atoms with van der Waals surface area (Å²) in [6.45, 7) is 6.62. The van der Waals surface area contributed by atoms with Crippen molar-refractivity contribution < 1.29 is 14.0 Å². The normalized spacial score (nSPS) is 17.5. The molecule has 0 spiro atoms. The van der Waals surface area contributed by atoms with Gasteiger partial charge in [0.25, 0.3) is 0 Å². The third kappa shape index (κ3) is 3.77. The van der Waals surface area contributed by atoms with Crippen LogP contribution in [0.1, 0.15) is 32.8 Å². The molecule has 0 bridgehead atoms. The first-order valence-electron chi connectivity index (χ1n) is 8.72. The molecule has 5 heteroatoms. The van der Waals surface area contributed by atoms with Gasteiger partial charge in [-0.2, -0.15) is 0 Å². The second-order valence-electron chi connectivity index (χ2n) is 7.67. The predicted octanol–water partition coefficient (Wildman–Crippen LogP) is 4.11. The van der Waals surface area contributed by atoms with Gasteiger partial charge in [-0.25, -0.2) is 4.39 Å². The van der Waals surface area contributed by atoms with Gasteiger partial charge in [0.2, 0.25) is 11.8 Å². The number of nitrogens with zero attached hydrogens (tertiary/aromatic N) is 1. The molecule has 0 aliphatic carbocycles. The van der Waals surface area contributed by atoms with Gasteiger partial charge < -0.3 is 10.2 Å². The van der Waals surface area contributed by atoms with Crippen LogP contribution < -0.4 is 10.2 Å².